The van der Waals surface area contributed by atoms with E-state index >= 15 is 0 Å². The maximum atomic E-state index is 4.46. The van der Waals surface area contributed by atoms with Crippen LogP contribution in [0.25, 0.3) is 0 Å². The number of hydrogen-bond acceptors (Lipinski definition) is 3. The molecule has 0 atom stereocenters. The number of pyridine rings is 1. The highest BCUT2D eigenvalue weighted by Crippen LogP contribution is 2.18. The zero-order valence-electron chi connectivity index (χ0n) is 14.0. The van der Waals surface area contributed by atoms with Crippen LogP contribution in [0.2, 0.25) is 0 Å². The van der Waals surface area contributed by atoms with Crippen LogP contribution in [0.5, 0.6) is 0 Å². The fourth-order valence-corrected chi connectivity index (χ4v) is 2.23. The molecule has 114 valence electrons. The Hall–Kier alpha value is -1.09. The molecule has 0 saturated heterocycles. The Labute approximate surface area is 124 Å². The number of hydrogen-bond donors (Lipinski definition) is 1. The molecule has 20 heavy (non-hydrogen) atoms. The third-order valence-corrected chi connectivity index (χ3v) is 3.03. The largest absolute Gasteiger partial charge is 0.371 e. The van der Waals surface area contributed by atoms with Gasteiger partial charge in [0, 0.05) is 37.6 Å². The summed E-state index contributed by atoms with van der Waals surface area (Å²) in [6.45, 7) is 16.4. The summed E-state index contributed by atoms with van der Waals surface area (Å²) in [5, 5.41) is 3.43. The number of nitrogens with one attached hydrogen (secondary N) is 1. The van der Waals surface area contributed by atoms with Crippen LogP contribution < -0.4 is 10.2 Å². The van der Waals surface area contributed by atoms with Gasteiger partial charge in [0.05, 0.1) is 5.69 Å². The van der Waals surface area contributed by atoms with Crippen molar-refractivity contribution in [3.63, 3.8) is 0 Å². The highest BCUT2D eigenvalue weighted by atomic mass is 15.1. The van der Waals surface area contributed by atoms with Crippen molar-refractivity contribution < 1.29 is 0 Å². The van der Waals surface area contributed by atoms with E-state index in [0.29, 0.717) is 17.9 Å². The molecule has 0 amide bonds. The van der Waals surface area contributed by atoms with Crippen LogP contribution >= 0.6 is 0 Å². The second-order valence-corrected chi connectivity index (χ2v) is 6.73. The summed E-state index contributed by atoms with van der Waals surface area (Å²) in [5.41, 5.74) is 2.41. The predicted octanol–water partition coefficient (Wildman–Crippen LogP) is 3.70. The quantitative estimate of drug-likeness (QED) is 0.785. The lowest BCUT2D eigenvalue weighted by molar-refractivity contribution is 0.551. The van der Waals surface area contributed by atoms with E-state index in [4.69, 9.17) is 0 Å². The van der Waals surface area contributed by atoms with Crippen molar-refractivity contribution in [3.8, 4) is 0 Å². The monoisotopic (exact) mass is 277 g/mol. The molecule has 3 heteroatoms. The van der Waals surface area contributed by atoms with Gasteiger partial charge >= 0.3 is 0 Å². The van der Waals surface area contributed by atoms with Crippen molar-refractivity contribution in [2.24, 2.45) is 11.8 Å². The van der Waals surface area contributed by atoms with Gasteiger partial charge in [-0.2, -0.15) is 0 Å². The van der Waals surface area contributed by atoms with Gasteiger partial charge in [-0.1, -0.05) is 41.5 Å². The van der Waals surface area contributed by atoms with Crippen LogP contribution in [-0.4, -0.2) is 24.1 Å². The van der Waals surface area contributed by atoms with E-state index in [2.05, 4.69) is 68.9 Å². The van der Waals surface area contributed by atoms with Crippen molar-refractivity contribution >= 4 is 5.69 Å². The number of anilines is 1. The molecule has 0 spiro atoms. The van der Waals surface area contributed by atoms with E-state index in [1.807, 2.05) is 6.20 Å². The fraction of sp³-hybridized carbons (Fsp3) is 0.706. The topological polar surface area (TPSA) is 28.2 Å². The molecule has 1 aromatic heterocycles. The van der Waals surface area contributed by atoms with Crippen LogP contribution in [0.1, 0.15) is 47.2 Å². The predicted molar refractivity (Wildman–Crippen MR) is 88.1 cm³/mol. The molecule has 0 bridgehead atoms. The molecule has 1 rings (SSSR count). The summed E-state index contributed by atoms with van der Waals surface area (Å²) in [6, 6.07) is 4.84. The summed E-state index contributed by atoms with van der Waals surface area (Å²) in [4.78, 5) is 6.94. The first-order chi connectivity index (χ1) is 9.38. The molecular formula is C17H31N3. The molecule has 3 nitrogen and oxygen atoms in total. The fourth-order valence-electron chi connectivity index (χ4n) is 2.23. The summed E-state index contributed by atoms with van der Waals surface area (Å²) < 4.78 is 0. The van der Waals surface area contributed by atoms with Gasteiger partial charge in [-0.25, -0.2) is 0 Å². The van der Waals surface area contributed by atoms with Crippen LogP contribution in [0, 0.1) is 11.8 Å². The van der Waals surface area contributed by atoms with Crippen LogP contribution in [-0.2, 0) is 6.54 Å². The maximum Gasteiger partial charge on any atom is 0.0562 e. The highest BCUT2D eigenvalue weighted by molar-refractivity contribution is 5.46. The van der Waals surface area contributed by atoms with Gasteiger partial charge in [0.25, 0.3) is 0 Å². The minimum absolute atomic E-state index is 0.489. The van der Waals surface area contributed by atoms with Gasteiger partial charge in [-0.15, -0.1) is 0 Å². The number of nitrogens with zero attached hydrogens (tertiary/aromatic N) is 2. The Morgan fingerprint density at radius 1 is 1.05 bits per heavy atom. The maximum absolute atomic E-state index is 4.46. The number of rotatable bonds is 8. The first kappa shape index (κ1) is 17.0. The van der Waals surface area contributed by atoms with Gasteiger partial charge in [-0.05, 0) is 24.0 Å². The van der Waals surface area contributed by atoms with Gasteiger partial charge in [0.15, 0.2) is 0 Å². The average Bonchev–Trinajstić information content (AvgIpc) is 2.35. The molecule has 0 saturated carbocycles. The van der Waals surface area contributed by atoms with Crippen molar-refractivity contribution in [3.05, 3.63) is 24.0 Å². The standard InChI is InChI=1S/C17H31N3/c1-13(2)11-20(12-14(3)4)17-7-8-18-16(9-17)10-19-15(5)6/h7-9,13-15,19H,10-12H2,1-6H3. The Morgan fingerprint density at radius 2 is 1.65 bits per heavy atom. The van der Waals surface area contributed by atoms with E-state index in [0.717, 1.165) is 25.3 Å². The van der Waals surface area contributed by atoms with E-state index in [1.165, 1.54) is 5.69 Å². The van der Waals surface area contributed by atoms with Crippen LogP contribution in [0.3, 0.4) is 0 Å². The van der Waals surface area contributed by atoms with E-state index in [-0.39, 0.29) is 0 Å². The smallest absolute Gasteiger partial charge is 0.0562 e. The molecule has 0 aromatic carbocycles. The lowest BCUT2D eigenvalue weighted by atomic mass is 10.1. The van der Waals surface area contributed by atoms with Crippen molar-refractivity contribution in [2.75, 3.05) is 18.0 Å². The third-order valence-electron chi connectivity index (χ3n) is 3.03. The first-order valence-corrected chi connectivity index (χ1v) is 7.81. The second kappa shape index (κ2) is 8.25. The highest BCUT2D eigenvalue weighted by Gasteiger charge is 2.11. The van der Waals surface area contributed by atoms with Crippen molar-refractivity contribution in [1.29, 1.82) is 0 Å². The Balaban J connectivity index is 2.81. The van der Waals surface area contributed by atoms with E-state index in [9.17, 15) is 0 Å². The van der Waals surface area contributed by atoms with Gasteiger partial charge < -0.3 is 10.2 Å². The summed E-state index contributed by atoms with van der Waals surface area (Å²) in [6.07, 6.45) is 1.93. The molecule has 0 aliphatic carbocycles. The van der Waals surface area contributed by atoms with Crippen molar-refractivity contribution in [1.82, 2.24) is 10.3 Å². The Bertz CT molecular complexity index is 376. The third kappa shape index (κ3) is 6.38. The summed E-state index contributed by atoms with van der Waals surface area (Å²) in [7, 11) is 0. The summed E-state index contributed by atoms with van der Waals surface area (Å²) in [5.74, 6) is 1.33. The average molecular weight is 277 g/mol. The zero-order valence-corrected chi connectivity index (χ0v) is 14.0. The molecule has 1 heterocycles. The molecule has 0 aliphatic heterocycles. The molecule has 0 aliphatic rings. The van der Waals surface area contributed by atoms with E-state index in [1.54, 1.807) is 0 Å². The lowest BCUT2D eigenvalue weighted by Gasteiger charge is -2.28. The normalized spacial score (nSPS) is 11.7. The molecular weight excluding hydrogens is 246 g/mol. The lowest BCUT2D eigenvalue weighted by Crippen LogP contribution is -2.31. The van der Waals surface area contributed by atoms with Crippen LogP contribution in [0.4, 0.5) is 5.69 Å². The van der Waals surface area contributed by atoms with E-state index < -0.39 is 0 Å². The summed E-state index contributed by atoms with van der Waals surface area (Å²) >= 11 is 0. The van der Waals surface area contributed by atoms with Gasteiger partial charge in [-0.3, -0.25) is 4.98 Å². The van der Waals surface area contributed by atoms with Gasteiger partial charge in [0.1, 0.15) is 0 Å². The Kier molecular flexibility index (Phi) is 7.00. The molecule has 0 fully saturated rings. The van der Waals surface area contributed by atoms with Gasteiger partial charge in [0.2, 0.25) is 0 Å². The molecule has 0 unspecified atom stereocenters. The first-order valence-electron chi connectivity index (χ1n) is 7.81. The number of aromatic nitrogens is 1. The molecule has 1 N–H and O–H groups in total. The van der Waals surface area contributed by atoms with Crippen molar-refractivity contribution in [2.45, 2.75) is 54.1 Å². The molecule has 1 aromatic rings. The molecule has 0 radical (unpaired) electrons. The minimum atomic E-state index is 0.489. The SMILES string of the molecule is CC(C)CN(CC(C)C)c1ccnc(CNC(C)C)c1. The van der Waals surface area contributed by atoms with Crippen LogP contribution in [0.15, 0.2) is 18.3 Å². The minimum Gasteiger partial charge on any atom is -0.371 e. The zero-order chi connectivity index (χ0) is 15.1. The Morgan fingerprint density at radius 3 is 2.15 bits per heavy atom. The second-order valence-electron chi connectivity index (χ2n) is 6.73.